The minimum absolute atomic E-state index is 0.0906. The van der Waals surface area contributed by atoms with E-state index in [4.69, 9.17) is 11.6 Å². The van der Waals surface area contributed by atoms with Crippen molar-refractivity contribution in [2.45, 2.75) is 17.4 Å². The number of nitrogens with one attached hydrogen (secondary N) is 1. The zero-order valence-electron chi connectivity index (χ0n) is 12.1. The monoisotopic (exact) mass is 350 g/mol. The summed E-state index contributed by atoms with van der Waals surface area (Å²) in [5.74, 6) is -0.242. The van der Waals surface area contributed by atoms with E-state index in [9.17, 15) is 13.2 Å². The van der Waals surface area contributed by atoms with Crippen LogP contribution < -0.4 is 9.62 Å². The summed E-state index contributed by atoms with van der Waals surface area (Å²) in [5, 5.41) is 0.455. The van der Waals surface area contributed by atoms with E-state index in [1.165, 1.54) is 24.3 Å². The molecule has 1 amide bonds. The van der Waals surface area contributed by atoms with Crippen molar-refractivity contribution in [3.63, 3.8) is 0 Å². The highest BCUT2D eigenvalue weighted by atomic mass is 35.5. The van der Waals surface area contributed by atoms with Crippen LogP contribution in [0.3, 0.4) is 0 Å². The molecule has 0 aromatic heterocycles. The third kappa shape index (κ3) is 3.39. The SMILES string of the molecule is O=C1[C@@H](NS(=O)(=O)c2ccc(Cl)cc2)CCN1c1ccccc1. The van der Waals surface area contributed by atoms with Gasteiger partial charge in [0, 0.05) is 17.3 Å². The summed E-state index contributed by atoms with van der Waals surface area (Å²) in [4.78, 5) is 14.1. The van der Waals surface area contributed by atoms with Gasteiger partial charge in [0.2, 0.25) is 15.9 Å². The molecule has 1 fully saturated rings. The van der Waals surface area contributed by atoms with Crippen molar-refractivity contribution in [2.75, 3.05) is 11.4 Å². The highest BCUT2D eigenvalue weighted by Gasteiger charge is 2.35. The van der Waals surface area contributed by atoms with E-state index in [2.05, 4.69) is 4.72 Å². The minimum Gasteiger partial charge on any atom is -0.311 e. The van der Waals surface area contributed by atoms with Crippen molar-refractivity contribution in [1.29, 1.82) is 0 Å². The van der Waals surface area contributed by atoms with E-state index in [0.717, 1.165) is 5.69 Å². The van der Waals surface area contributed by atoms with Crippen LogP contribution in [0.2, 0.25) is 5.02 Å². The summed E-state index contributed by atoms with van der Waals surface area (Å²) in [7, 11) is -3.76. The molecule has 23 heavy (non-hydrogen) atoms. The molecule has 7 heteroatoms. The molecule has 0 saturated carbocycles. The van der Waals surface area contributed by atoms with Crippen molar-refractivity contribution in [2.24, 2.45) is 0 Å². The molecule has 1 aliphatic rings. The Balaban J connectivity index is 1.76. The van der Waals surface area contributed by atoms with Crippen molar-refractivity contribution in [3.05, 3.63) is 59.6 Å². The first kappa shape index (κ1) is 16.0. The van der Waals surface area contributed by atoms with Gasteiger partial charge in [-0.05, 0) is 42.8 Å². The standard InChI is InChI=1S/C16H15ClN2O3S/c17-12-6-8-14(9-7-12)23(21,22)18-15-10-11-19(16(15)20)13-4-2-1-3-5-13/h1-9,15,18H,10-11H2/t15-/m0/s1. The molecule has 0 unspecified atom stereocenters. The number of benzene rings is 2. The fraction of sp³-hybridized carbons (Fsp3) is 0.188. The molecule has 2 aromatic rings. The maximum Gasteiger partial charge on any atom is 0.245 e. The van der Waals surface area contributed by atoms with Gasteiger partial charge in [-0.1, -0.05) is 29.8 Å². The minimum atomic E-state index is -3.76. The summed E-state index contributed by atoms with van der Waals surface area (Å²) in [5.41, 5.74) is 0.769. The molecule has 2 aromatic carbocycles. The van der Waals surface area contributed by atoms with Gasteiger partial charge in [-0.15, -0.1) is 0 Å². The number of amides is 1. The summed E-state index contributed by atoms with van der Waals surface area (Å²) in [6, 6.07) is 14.3. The van der Waals surface area contributed by atoms with Gasteiger partial charge >= 0.3 is 0 Å². The lowest BCUT2D eigenvalue weighted by molar-refractivity contribution is -0.118. The van der Waals surface area contributed by atoms with Gasteiger partial charge in [0.1, 0.15) is 6.04 Å². The summed E-state index contributed by atoms with van der Waals surface area (Å²) >= 11 is 5.77. The number of hydrogen-bond donors (Lipinski definition) is 1. The second-order valence-corrected chi connectivity index (χ2v) is 7.39. The fourth-order valence-corrected chi connectivity index (χ4v) is 3.87. The Bertz CT molecular complexity index is 807. The number of nitrogens with zero attached hydrogens (tertiary/aromatic N) is 1. The maximum atomic E-state index is 12.4. The van der Waals surface area contributed by atoms with Gasteiger partial charge in [0.05, 0.1) is 4.90 Å². The normalized spacial score (nSPS) is 18.4. The number of sulfonamides is 1. The number of halogens is 1. The van der Waals surface area contributed by atoms with Crippen LogP contribution in [0.25, 0.3) is 0 Å². The predicted octanol–water partition coefficient (Wildman–Crippen LogP) is 2.42. The highest BCUT2D eigenvalue weighted by Crippen LogP contribution is 2.22. The average molecular weight is 351 g/mol. The summed E-state index contributed by atoms with van der Waals surface area (Å²) in [6.45, 7) is 0.483. The average Bonchev–Trinajstić information content (AvgIpc) is 2.89. The number of rotatable bonds is 4. The molecular formula is C16H15ClN2O3S. The Morgan fingerprint density at radius 2 is 1.70 bits per heavy atom. The Morgan fingerprint density at radius 1 is 1.04 bits per heavy atom. The molecule has 0 radical (unpaired) electrons. The lowest BCUT2D eigenvalue weighted by atomic mass is 10.3. The van der Waals surface area contributed by atoms with Gasteiger partial charge < -0.3 is 4.90 Å². The molecule has 120 valence electrons. The molecule has 1 aliphatic heterocycles. The van der Waals surface area contributed by atoms with E-state index < -0.39 is 16.1 Å². The number of para-hydroxylation sites is 1. The molecule has 1 heterocycles. The Kier molecular flexibility index (Phi) is 4.39. The first-order valence-corrected chi connectivity index (χ1v) is 8.98. The van der Waals surface area contributed by atoms with Gasteiger partial charge in [-0.2, -0.15) is 4.72 Å². The van der Waals surface area contributed by atoms with Crippen LogP contribution in [0.5, 0.6) is 0 Å². The largest absolute Gasteiger partial charge is 0.311 e. The van der Waals surface area contributed by atoms with Gasteiger partial charge in [0.25, 0.3) is 0 Å². The van der Waals surface area contributed by atoms with Gasteiger partial charge in [0.15, 0.2) is 0 Å². The molecular weight excluding hydrogens is 336 g/mol. The quantitative estimate of drug-likeness (QED) is 0.920. The molecule has 0 bridgehead atoms. The fourth-order valence-electron chi connectivity index (χ4n) is 2.52. The number of anilines is 1. The second kappa shape index (κ2) is 6.31. The maximum absolute atomic E-state index is 12.4. The molecule has 3 rings (SSSR count). The third-order valence-electron chi connectivity index (χ3n) is 3.69. The summed E-state index contributed by atoms with van der Waals surface area (Å²) < 4.78 is 27.2. The first-order chi connectivity index (χ1) is 11.0. The zero-order chi connectivity index (χ0) is 16.4. The van der Waals surface area contributed by atoms with E-state index in [0.29, 0.717) is 18.0 Å². The van der Waals surface area contributed by atoms with Crippen LogP contribution >= 0.6 is 11.6 Å². The Labute approximate surface area is 139 Å². The molecule has 0 aliphatic carbocycles. The van der Waals surface area contributed by atoms with Crippen LogP contribution in [0.1, 0.15) is 6.42 Å². The van der Waals surface area contributed by atoms with Gasteiger partial charge in [-0.3, -0.25) is 4.79 Å². The van der Waals surface area contributed by atoms with Crippen LogP contribution in [-0.4, -0.2) is 26.9 Å². The number of carbonyl (C=O) groups is 1. The topological polar surface area (TPSA) is 66.5 Å². The third-order valence-corrected chi connectivity index (χ3v) is 5.43. The molecule has 1 saturated heterocycles. The molecule has 1 N–H and O–H groups in total. The lowest BCUT2D eigenvalue weighted by Crippen LogP contribution is -2.41. The smallest absolute Gasteiger partial charge is 0.245 e. The van der Waals surface area contributed by atoms with E-state index >= 15 is 0 Å². The van der Waals surface area contributed by atoms with Crippen molar-refractivity contribution in [1.82, 2.24) is 4.72 Å². The second-order valence-electron chi connectivity index (χ2n) is 5.24. The van der Waals surface area contributed by atoms with E-state index in [1.807, 2.05) is 30.3 Å². The Hall–Kier alpha value is -1.89. The van der Waals surface area contributed by atoms with Gasteiger partial charge in [-0.25, -0.2) is 8.42 Å². The summed E-state index contributed by atoms with van der Waals surface area (Å²) in [6.07, 6.45) is 0.431. The molecule has 1 atom stereocenters. The van der Waals surface area contributed by atoms with Crippen LogP contribution in [0, 0.1) is 0 Å². The number of hydrogen-bond acceptors (Lipinski definition) is 3. The number of carbonyl (C=O) groups excluding carboxylic acids is 1. The molecule has 0 spiro atoms. The molecule has 5 nitrogen and oxygen atoms in total. The van der Waals surface area contributed by atoms with Crippen molar-refractivity contribution in [3.8, 4) is 0 Å². The van der Waals surface area contributed by atoms with E-state index in [-0.39, 0.29) is 10.8 Å². The van der Waals surface area contributed by atoms with Crippen LogP contribution in [0.15, 0.2) is 59.5 Å². The lowest BCUT2D eigenvalue weighted by Gasteiger charge is -2.17. The Morgan fingerprint density at radius 3 is 2.35 bits per heavy atom. The van der Waals surface area contributed by atoms with E-state index in [1.54, 1.807) is 4.90 Å². The first-order valence-electron chi connectivity index (χ1n) is 7.12. The zero-order valence-corrected chi connectivity index (χ0v) is 13.7. The highest BCUT2D eigenvalue weighted by molar-refractivity contribution is 7.89. The van der Waals surface area contributed by atoms with Crippen molar-refractivity contribution < 1.29 is 13.2 Å². The van der Waals surface area contributed by atoms with Crippen LogP contribution in [-0.2, 0) is 14.8 Å². The predicted molar refractivity (Wildman–Crippen MR) is 89.0 cm³/mol. The van der Waals surface area contributed by atoms with Crippen LogP contribution in [0.4, 0.5) is 5.69 Å². The van der Waals surface area contributed by atoms with Crippen molar-refractivity contribution >= 4 is 33.2 Å².